The quantitative estimate of drug-likeness (QED) is 0.467. The standard InChI is InChI=1S/C21H16ClNO4S/c22-15-9-7-14(8-10-15)20(25)17-5-1-2-6-18(17)21(26)27-13-19(24)23-12-16-4-3-11-28-16/h1-11H,12-13H2,(H,23,24). The Morgan fingerprint density at radius 2 is 1.64 bits per heavy atom. The van der Waals surface area contributed by atoms with Gasteiger partial charge in [-0.1, -0.05) is 35.9 Å². The van der Waals surface area contributed by atoms with Crippen molar-refractivity contribution in [2.75, 3.05) is 6.61 Å². The first-order valence-electron chi connectivity index (χ1n) is 8.40. The highest BCUT2D eigenvalue weighted by Gasteiger charge is 2.19. The molecule has 0 saturated carbocycles. The summed E-state index contributed by atoms with van der Waals surface area (Å²) in [7, 11) is 0. The first kappa shape index (κ1) is 19.8. The van der Waals surface area contributed by atoms with E-state index in [-0.39, 0.29) is 16.9 Å². The first-order valence-corrected chi connectivity index (χ1v) is 9.66. The van der Waals surface area contributed by atoms with E-state index >= 15 is 0 Å². The first-order chi connectivity index (χ1) is 13.5. The number of hydrogen-bond acceptors (Lipinski definition) is 5. The number of hydrogen-bond donors (Lipinski definition) is 1. The molecule has 0 radical (unpaired) electrons. The molecule has 3 rings (SSSR count). The summed E-state index contributed by atoms with van der Waals surface area (Å²) in [6.45, 7) is -0.0482. The highest BCUT2D eigenvalue weighted by atomic mass is 35.5. The number of ketones is 1. The van der Waals surface area contributed by atoms with E-state index in [4.69, 9.17) is 16.3 Å². The Morgan fingerprint density at radius 1 is 0.929 bits per heavy atom. The fourth-order valence-corrected chi connectivity index (χ4v) is 3.25. The maximum atomic E-state index is 12.7. The van der Waals surface area contributed by atoms with Crippen molar-refractivity contribution in [2.24, 2.45) is 0 Å². The summed E-state index contributed by atoms with van der Waals surface area (Å²) in [5.41, 5.74) is 0.709. The second kappa shape index (κ2) is 9.30. The molecule has 142 valence electrons. The number of ether oxygens (including phenoxy) is 1. The van der Waals surface area contributed by atoms with E-state index in [2.05, 4.69) is 5.32 Å². The van der Waals surface area contributed by atoms with Gasteiger partial charge in [-0.05, 0) is 41.8 Å². The van der Waals surface area contributed by atoms with E-state index in [9.17, 15) is 14.4 Å². The van der Waals surface area contributed by atoms with Crippen LogP contribution in [0, 0.1) is 0 Å². The zero-order valence-electron chi connectivity index (χ0n) is 14.7. The molecule has 0 unspecified atom stereocenters. The van der Waals surface area contributed by atoms with Crippen LogP contribution in [0.15, 0.2) is 66.0 Å². The summed E-state index contributed by atoms with van der Waals surface area (Å²) in [5.74, 6) is -1.47. The lowest BCUT2D eigenvalue weighted by Gasteiger charge is -2.09. The molecule has 1 aromatic heterocycles. The molecule has 28 heavy (non-hydrogen) atoms. The molecule has 5 nitrogen and oxygen atoms in total. The Morgan fingerprint density at radius 3 is 2.32 bits per heavy atom. The van der Waals surface area contributed by atoms with Crippen LogP contribution in [0.3, 0.4) is 0 Å². The second-order valence-electron chi connectivity index (χ2n) is 5.81. The predicted molar refractivity (Wildman–Crippen MR) is 108 cm³/mol. The van der Waals surface area contributed by atoms with Gasteiger partial charge >= 0.3 is 5.97 Å². The van der Waals surface area contributed by atoms with E-state index in [0.717, 1.165) is 4.88 Å². The summed E-state index contributed by atoms with van der Waals surface area (Å²) < 4.78 is 5.08. The molecule has 3 aromatic rings. The number of amides is 1. The summed E-state index contributed by atoms with van der Waals surface area (Å²) in [6.07, 6.45) is 0. The molecule has 2 aromatic carbocycles. The van der Waals surface area contributed by atoms with Gasteiger partial charge in [-0.3, -0.25) is 9.59 Å². The number of rotatable bonds is 7. The van der Waals surface area contributed by atoms with Gasteiger partial charge in [0, 0.05) is 21.0 Å². The van der Waals surface area contributed by atoms with Gasteiger partial charge in [0.1, 0.15) is 0 Å². The third-order valence-corrected chi connectivity index (χ3v) is 5.00. The molecule has 1 amide bonds. The van der Waals surface area contributed by atoms with Gasteiger partial charge in [-0.25, -0.2) is 4.79 Å². The number of halogens is 1. The summed E-state index contributed by atoms with van der Waals surface area (Å²) in [5, 5.41) is 5.10. The normalized spacial score (nSPS) is 10.3. The Labute approximate surface area is 170 Å². The molecular weight excluding hydrogens is 398 g/mol. The minimum atomic E-state index is -0.732. The van der Waals surface area contributed by atoms with Crippen LogP contribution in [0.2, 0.25) is 5.02 Å². The second-order valence-corrected chi connectivity index (χ2v) is 7.28. The van der Waals surface area contributed by atoms with E-state index in [1.807, 2.05) is 17.5 Å². The Hall–Kier alpha value is -2.96. The maximum Gasteiger partial charge on any atom is 0.339 e. The van der Waals surface area contributed by atoms with Crippen molar-refractivity contribution in [3.05, 3.63) is 92.6 Å². The number of esters is 1. The summed E-state index contributed by atoms with van der Waals surface area (Å²) in [6, 6.07) is 16.5. The monoisotopic (exact) mass is 413 g/mol. The third kappa shape index (κ3) is 5.06. The lowest BCUT2D eigenvalue weighted by Crippen LogP contribution is -2.28. The van der Waals surface area contributed by atoms with Crippen LogP contribution >= 0.6 is 22.9 Å². The van der Waals surface area contributed by atoms with Crippen molar-refractivity contribution in [1.82, 2.24) is 5.32 Å². The molecule has 0 aliphatic rings. The van der Waals surface area contributed by atoms with Gasteiger partial charge in [-0.2, -0.15) is 0 Å². The molecule has 7 heteroatoms. The predicted octanol–water partition coefficient (Wildman–Crippen LogP) is 4.11. The largest absolute Gasteiger partial charge is 0.452 e. The van der Waals surface area contributed by atoms with E-state index in [1.165, 1.54) is 17.4 Å². The average molecular weight is 414 g/mol. The Bertz CT molecular complexity index is 984. The summed E-state index contributed by atoms with van der Waals surface area (Å²) >= 11 is 7.37. The Balaban J connectivity index is 1.64. The van der Waals surface area contributed by atoms with Crippen molar-refractivity contribution in [3.8, 4) is 0 Å². The molecular formula is C21H16ClNO4S. The zero-order valence-corrected chi connectivity index (χ0v) is 16.3. The molecule has 0 aliphatic heterocycles. The van der Waals surface area contributed by atoms with Crippen LogP contribution in [0.1, 0.15) is 31.2 Å². The highest BCUT2D eigenvalue weighted by molar-refractivity contribution is 7.09. The van der Waals surface area contributed by atoms with Crippen molar-refractivity contribution < 1.29 is 19.1 Å². The number of benzene rings is 2. The van der Waals surface area contributed by atoms with Crippen LogP contribution < -0.4 is 5.32 Å². The molecule has 0 bridgehead atoms. The van der Waals surface area contributed by atoms with Crippen LogP contribution in [0.25, 0.3) is 0 Å². The van der Waals surface area contributed by atoms with E-state index in [0.29, 0.717) is 17.1 Å². The van der Waals surface area contributed by atoms with Gasteiger partial charge in [0.2, 0.25) is 0 Å². The molecule has 0 spiro atoms. The van der Waals surface area contributed by atoms with E-state index < -0.39 is 18.5 Å². The van der Waals surface area contributed by atoms with Crippen molar-refractivity contribution in [3.63, 3.8) is 0 Å². The van der Waals surface area contributed by atoms with Crippen molar-refractivity contribution in [2.45, 2.75) is 6.54 Å². The minimum absolute atomic E-state index is 0.105. The molecule has 0 aliphatic carbocycles. The SMILES string of the molecule is O=C(COC(=O)c1ccccc1C(=O)c1ccc(Cl)cc1)NCc1cccs1. The van der Waals surface area contributed by atoms with Crippen LogP contribution in [0.5, 0.6) is 0 Å². The molecule has 0 saturated heterocycles. The van der Waals surface area contributed by atoms with Gasteiger partial charge in [0.15, 0.2) is 12.4 Å². The third-order valence-electron chi connectivity index (χ3n) is 3.87. The molecule has 0 atom stereocenters. The van der Waals surface area contributed by atoms with Crippen LogP contribution in [-0.2, 0) is 16.1 Å². The molecule has 1 N–H and O–H groups in total. The van der Waals surface area contributed by atoms with Gasteiger partial charge in [-0.15, -0.1) is 11.3 Å². The lowest BCUT2D eigenvalue weighted by molar-refractivity contribution is -0.124. The van der Waals surface area contributed by atoms with Gasteiger partial charge in [0.05, 0.1) is 12.1 Å². The highest BCUT2D eigenvalue weighted by Crippen LogP contribution is 2.18. The average Bonchev–Trinajstić information content (AvgIpc) is 3.24. The molecule has 0 fully saturated rings. The van der Waals surface area contributed by atoms with Crippen LogP contribution in [0.4, 0.5) is 0 Å². The lowest BCUT2D eigenvalue weighted by atomic mass is 9.98. The fourth-order valence-electron chi connectivity index (χ4n) is 2.47. The van der Waals surface area contributed by atoms with E-state index in [1.54, 1.807) is 42.5 Å². The van der Waals surface area contributed by atoms with Gasteiger partial charge in [0.25, 0.3) is 5.91 Å². The zero-order chi connectivity index (χ0) is 19.9. The van der Waals surface area contributed by atoms with Crippen molar-refractivity contribution in [1.29, 1.82) is 0 Å². The minimum Gasteiger partial charge on any atom is -0.452 e. The van der Waals surface area contributed by atoms with Crippen LogP contribution in [-0.4, -0.2) is 24.3 Å². The number of carbonyl (C=O) groups is 3. The number of carbonyl (C=O) groups excluding carboxylic acids is 3. The smallest absolute Gasteiger partial charge is 0.339 e. The topological polar surface area (TPSA) is 72.5 Å². The Kier molecular flexibility index (Phi) is 6.57. The number of thiophene rings is 1. The van der Waals surface area contributed by atoms with Crippen molar-refractivity contribution >= 4 is 40.6 Å². The molecule has 1 heterocycles. The number of nitrogens with one attached hydrogen (secondary N) is 1. The summed E-state index contributed by atoms with van der Waals surface area (Å²) in [4.78, 5) is 38.0. The van der Waals surface area contributed by atoms with Gasteiger partial charge < -0.3 is 10.1 Å². The maximum absolute atomic E-state index is 12.7. The fraction of sp³-hybridized carbons (Fsp3) is 0.0952.